The lowest BCUT2D eigenvalue weighted by molar-refractivity contribution is 0.0940. The van der Waals surface area contributed by atoms with Crippen LogP contribution in [0.25, 0.3) is 0 Å². The predicted molar refractivity (Wildman–Crippen MR) is 86.5 cm³/mol. The largest absolute Gasteiger partial charge is 0.368 e. The smallest absolute Gasteiger partial charge is 0.251 e. The van der Waals surface area contributed by atoms with Gasteiger partial charge in [0.05, 0.1) is 11.9 Å². The number of halogens is 1. The van der Waals surface area contributed by atoms with Crippen molar-refractivity contribution in [2.75, 3.05) is 18.0 Å². The van der Waals surface area contributed by atoms with Crippen molar-refractivity contribution in [3.8, 4) is 0 Å². The van der Waals surface area contributed by atoms with E-state index >= 15 is 0 Å². The molecule has 0 aliphatic carbocycles. The van der Waals surface area contributed by atoms with Crippen molar-refractivity contribution in [3.63, 3.8) is 0 Å². The summed E-state index contributed by atoms with van der Waals surface area (Å²) in [6, 6.07) is 11.6. The number of rotatable bonds is 3. The summed E-state index contributed by atoms with van der Waals surface area (Å²) in [5, 5.41) is 3.10. The van der Waals surface area contributed by atoms with Crippen LogP contribution >= 0.6 is 15.9 Å². The number of carbonyl (C=O) groups is 1. The van der Waals surface area contributed by atoms with Crippen molar-refractivity contribution in [2.24, 2.45) is 0 Å². The maximum absolute atomic E-state index is 12.2. The summed E-state index contributed by atoms with van der Waals surface area (Å²) in [5.74, 6) is -0.0134. The second-order valence-electron chi connectivity index (χ2n) is 5.12. The van der Waals surface area contributed by atoms with Crippen LogP contribution in [0.3, 0.4) is 0 Å². The molecule has 1 amide bonds. The molecular weight excluding hydrogens is 330 g/mol. The molecule has 108 valence electrons. The van der Waals surface area contributed by atoms with E-state index in [1.54, 1.807) is 6.20 Å². The van der Waals surface area contributed by atoms with Crippen molar-refractivity contribution in [2.45, 2.75) is 12.5 Å². The molecule has 2 heterocycles. The molecule has 1 aromatic heterocycles. The lowest BCUT2D eigenvalue weighted by Crippen LogP contribution is -2.37. The summed E-state index contributed by atoms with van der Waals surface area (Å²) in [6.45, 7) is 1.77. The van der Waals surface area contributed by atoms with E-state index in [-0.39, 0.29) is 11.9 Å². The highest BCUT2D eigenvalue weighted by atomic mass is 79.9. The molecule has 1 saturated heterocycles. The number of nitrogens with zero attached hydrogens (tertiary/aromatic N) is 2. The zero-order valence-electron chi connectivity index (χ0n) is 11.5. The molecule has 21 heavy (non-hydrogen) atoms. The molecule has 1 aromatic carbocycles. The van der Waals surface area contributed by atoms with Gasteiger partial charge >= 0.3 is 0 Å². The van der Waals surface area contributed by atoms with Gasteiger partial charge in [-0.05, 0) is 42.8 Å². The molecule has 1 N–H and O–H groups in total. The number of anilines is 1. The molecule has 1 unspecified atom stereocenters. The Morgan fingerprint density at radius 3 is 2.81 bits per heavy atom. The Labute approximate surface area is 132 Å². The number of aromatic nitrogens is 1. The van der Waals surface area contributed by atoms with E-state index in [4.69, 9.17) is 0 Å². The first kappa shape index (κ1) is 14.1. The Bertz CT molecular complexity index is 615. The molecule has 0 saturated carbocycles. The van der Waals surface area contributed by atoms with Gasteiger partial charge in [0.1, 0.15) is 0 Å². The number of nitrogens with one attached hydrogen (secondary N) is 1. The minimum atomic E-state index is -0.0134. The average molecular weight is 346 g/mol. The lowest BCUT2D eigenvalue weighted by Gasteiger charge is -2.18. The van der Waals surface area contributed by atoms with E-state index in [0.29, 0.717) is 5.56 Å². The van der Waals surface area contributed by atoms with E-state index in [0.717, 1.165) is 29.7 Å². The van der Waals surface area contributed by atoms with Gasteiger partial charge < -0.3 is 10.2 Å². The lowest BCUT2D eigenvalue weighted by atomic mass is 10.2. The van der Waals surface area contributed by atoms with Crippen LogP contribution in [-0.4, -0.2) is 30.0 Å². The van der Waals surface area contributed by atoms with E-state index in [1.807, 2.05) is 42.6 Å². The number of benzene rings is 1. The van der Waals surface area contributed by atoms with Gasteiger partial charge in [0, 0.05) is 35.4 Å². The number of pyridine rings is 1. The van der Waals surface area contributed by atoms with Gasteiger partial charge in [-0.2, -0.15) is 0 Å². The van der Waals surface area contributed by atoms with Crippen LogP contribution in [0.4, 0.5) is 5.69 Å². The fourth-order valence-corrected chi connectivity index (χ4v) is 2.79. The van der Waals surface area contributed by atoms with Gasteiger partial charge in [0.25, 0.3) is 5.91 Å². The van der Waals surface area contributed by atoms with Crippen molar-refractivity contribution in [1.29, 1.82) is 0 Å². The van der Waals surface area contributed by atoms with Gasteiger partial charge in [-0.25, -0.2) is 0 Å². The van der Waals surface area contributed by atoms with Gasteiger partial charge in [-0.1, -0.05) is 15.9 Å². The third-order valence-corrected chi connectivity index (χ3v) is 4.17. The fraction of sp³-hybridized carbons (Fsp3) is 0.250. The first-order chi connectivity index (χ1) is 10.2. The van der Waals surface area contributed by atoms with Crippen molar-refractivity contribution in [1.82, 2.24) is 10.3 Å². The molecule has 0 spiro atoms. The normalized spacial score (nSPS) is 17.8. The predicted octanol–water partition coefficient (Wildman–Crippen LogP) is 2.85. The van der Waals surface area contributed by atoms with E-state index in [2.05, 4.69) is 31.1 Å². The van der Waals surface area contributed by atoms with E-state index < -0.39 is 0 Å². The quantitative estimate of drug-likeness (QED) is 0.930. The van der Waals surface area contributed by atoms with E-state index in [1.165, 1.54) is 0 Å². The van der Waals surface area contributed by atoms with Gasteiger partial charge in [0.15, 0.2) is 0 Å². The minimum absolute atomic E-state index is 0.0134. The average Bonchev–Trinajstić information content (AvgIpc) is 2.97. The van der Waals surface area contributed by atoms with Gasteiger partial charge in [0.2, 0.25) is 0 Å². The summed E-state index contributed by atoms with van der Waals surface area (Å²) >= 11 is 3.37. The Morgan fingerprint density at radius 1 is 1.29 bits per heavy atom. The van der Waals surface area contributed by atoms with Crippen LogP contribution in [0.5, 0.6) is 0 Å². The van der Waals surface area contributed by atoms with Crippen molar-refractivity contribution < 1.29 is 4.79 Å². The second-order valence-corrected chi connectivity index (χ2v) is 6.04. The third kappa shape index (κ3) is 3.42. The zero-order valence-corrected chi connectivity index (χ0v) is 13.1. The van der Waals surface area contributed by atoms with Crippen LogP contribution in [0.2, 0.25) is 0 Å². The SMILES string of the molecule is O=C(NC1CCN(c2cccnc2)C1)c1ccc(Br)cc1. The first-order valence-electron chi connectivity index (χ1n) is 6.94. The standard InChI is InChI=1S/C16H16BrN3O/c17-13-5-3-12(4-6-13)16(21)19-14-7-9-20(11-14)15-2-1-8-18-10-15/h1-6,8,10,14H,7,9,11H2,(H,19,21). The van der Waals surface area contributed by atoms with Gasteiger partial charge in [-0.3, -0.25) is 9.78 Å². The fourth-order valence-electron chi connectivity index (χ4n) is 2.52. The summed E-state index contributed by atoms with van der Waals surface area (Å²) in [7, 11) is 0. The summed E-state index contributed by atoms with van der Waals surface area (Å²) in [4.78, 5) is 18.6. The first-order valence-corrected chi connectivity index (χ1v) is 7.73. The van der Waals surface area contributed by atoms with Crippen LogP contribution < -0.4 is 10.2 Å². The molecule has 3 rings (SSSR count). The Morgan fingerprint density at radius 2 is 2.10 bits per heavy atom. The molecule has 1 fully saturated rings. The van der Waals surface area contributed by atoms with Crippen LogP contribution in [-0.2, 0) is 0 Å². The van der Waals surface area contributed by atoms with Gasteiger partial charge in [-0.15, -0.1) is 0 Å². The number of hydrogen-bond acceptors (Lipinski definition) is 3. The highest BCUT2D eigenvalue weighted by Gasteiger charge is 2.24. The van der Waals surface area contributed by atoms with Crippen LogP contribution in [0, 0.1) is 0 Å². The molecule has 5 heteroatoms. The highest BCUT2D eigenvalue weighted by Crippen LogP contribution is 2.19. The van der Waals surface area contributed by atoms with Crippen LogP contribution in [0.1, 0.15) is 16.8 Å². The van der Waals surface area contributed by atoms with E-state index in [9.17, 15) is 4.79 Å². The molecular formula is C16H16BrN3O. The Balaban J connectivity index is 1.60. The number of amides is 1. The molecule has 1 atom stereocenters. The zero-order chi connectivity index (χ0) is 14.7. The monoisotopic (exact) mass is 345 g/mol. The maximum atomic E-state index is 12.2. The number of carbonyl (C=O) groups excluding carboxylic acids is 1. The maximum Gasteiger partial charge on any atom is 0.251 e. The minimum Gasteiger partial charge on any atom is -0.368 e. The molecule has 1 aliphatic rings. The topological polar surface area (TPSA) is 45.2 Å². The summed E-state index contributed by atoms with van der Waals surface area (Å²) < 4.78 is 0.975. The second kappa shape index (κ2) is 6.26. The molecule has 0 radical (unpaired) electrons. The Kier molecular flexibility index (Phi) is 4.20. The Hall–Kier alpha value is -1.88. The molecule has 4 nitrogen and oxygen atoms in total. The highest BCUT2D eigenvalue weighted by molar-refractivity contribution is 9.10. The molecule has 0 bridgehead atoms. The third-order valence-electron chi connectivity index (χ3n) is 3.64. The van der Waals surface area contributed by atoms with Crippen LogP contribution in [0.15, 0.2) is 53.3 Å². The molecule has 1 aliphatic heterocycles. The molecule has 2 aromatic rings. The number of hydrogen-bond donors (Lipinski definition) is 1. The van der Waals surface area contributed by atoms with Crippen molar-refractivity contribution in [3.05, 3.63) is 58.8 Å². The van der Waals surface area contributed by atoms with Crippen molar-refractivity contribution >= 4 is 27.5 Å². The summed E-state index contributed by atoms with van der Waals surface area (Å²) in [5.41, 5.74) is 1.80. The summed E-state index contributed by atoms with van der Waals surface area (Å²) in [6.07, 6.45) is 4.59.